The Morgan fingerprint density at radius 1 is 1.00 bits per heavy atom. The van der Waals surface area contributed by atoms with Crippen LogP contribution < -0.4 is 9.62 Å². The fourth-order valence-corrected chi connectivity index (χ4v) is 8.30. The first-order chi connectivity index (χ1) is 30.8. The molecule has 0 radical (unpaired) electrons. The van der Waals surface area contributed by atoms with Gasteiger partial charge in [-0.3, -0.25) is 14.2 Å². The van der Waals surface area contributed by atoms with E-state index in [-0.39, 0.29) is 61.0 Å². The van der Waals surface area contributed by atoms with Gasteiger partial charge in [0.1, 0.15) is 36.1 Å². The molecule has 66 heavy (non-hydrogen) atoms. The standard InChI is InChI=1S/C42H39ClF10N8O3S2/c1-39(2,65-4)12-10-25-6-7-26(27-8-9-29(43)32-34(27)60(21-41(48,49)50)57-37(32)61(66-5)38(64)58(3)14-15-62)33(54-25)30(18-22-16-23(44)19-24(45)17-22)55-31(63)20-59-36-28(11-13-40(36,46)47)35(56-59)42(51,52)53/h6-9,16-17,19,30,62H,11,13-15,18,20-21H2,1-5H3,(H,55,63). The normalized spacial score (nSPS) is 14.2. The number of aromatic nitrogens is 5. The lowest BCUT2D eigenvalue weighted by Crippen LogP contribution is -2.39. The third-order valence-corrected chi connectivity index (χ3v) is 12.5. The predicted molar refractivity (Wildman–Crippen MR) is 230 cm³/mol. The molecule has 1 aliphatic carbocycles. The third-order valence-electron chi connectivity index (χ3n) is 10.4. The molecule has 11 nitrogen and oxygen atoms in total. The summed E-state index contributed by atoms with van der Waals surface area (Å²) in [5, 5.41) is 19.3. The van der Waals surface area contributed by atoms with E-state index in [0.29, 0.717) is 10.7 Å². The maximum atomic E-state index is 15.1. The fourth-order valence-electron chi connectivity index (χ4n) is 7.31. The first-order valence-corrected chi connectivity index (χ1v) is 22.4. The van der Waals surface area contributed by atoms with Crippen molar-refractivity contribution < 1.29 is 58.6 Å². The number of fused-ring (bicyclic) bond motifs is 2. The van der Waals surface area contributed by atoms with Crippen molar-refractivity contribution in [1.82, 2.24) is 34.8 Å². The number of halogens is 11. The van der Waals surface area contributed by atoms with Crippen LogP contribution in [0.5, 0.6) is 0 Å². The average Bonchev–Trinajstić information content (AvgIpc) is 3.88. The van der Waals surface area contributed by atoms with Crippen LogP contribution in [0.15, 0.2) is 42.5 Å². The van der Waals surface area contributed by atoms with Crippen LogP contribution >= 0.6 is 35.3 Å². The van der Waals surface area contributed by atoms with Crippen LogP contribution in [0, 0.1) is 23.5 Å². The number of likely N-dealkylation sites (N-methyl/N-ethyl adjacent to an activating group) is 1. The summed E-state index contributed by atoms with van der Waals surface area (Å²) < 4.78 is 146. The topological polar surface area (TPSA) is 121 Å². The molecule has 0 bridgehead atoms. The lowest BCUT2D eigenvalue weighted by Gasteiger charge is -2.24. The molecule has 2 N–H and O–H groups in total. The van der Waals surface area contributed by atoms with Gasteiger partial charge in [-0.1, -0.05) is 23.6 Å². The number of carbonyl (C=O) groups excluding carboxylic acids is 2. The Kier molecular flexibility index (Phi) is 14.6. The monoisotopic (exact) mass is 992 g/mol. The molecular weight excluding hydrogens is 954 g/mol. The summed E-state index contributed by atoms with van der Waals surface area (Å²) in [5.41, 5.74) is -4.20. The molecule has 0 spiro atoms. The van der Waals surface area contributed by atoms with E-state index in [2.05, 4.69) is 27.4 Å². The second-order valence-electron chi connectivity index (χ2n) is 15.6. The predicted octanol–water partition coefficient (Wildman–Crippen LogP) is 9.57. The van der Waals surface area contributed by atoms with Crippen LogP contribution in [-0.4, -0.2) is 90.1 Å². The van der Waals surface area contributed by atoms with Crippen molar-refractivity contribution in [3.05, 3.63) is 93.0 Å². The first-order valence-electron chi connectivity index (χ1n) is 19.6. The highest BCUT2D eigenvalue weighted by Gasteiger charge is 2.50. The highest BCUT2D eigenvalue weighted by atomic mass is 35.5. The van der Waals surface area contributed by atoms with E-state index < -0.39 is 109 Å². The number of rotatable bonds is 13. The van der Waals surface area contributed by atoms with E-state index in [4.69, 9.17) is 16.6 Å². The molecule has 3 amide bonds. The summed E-state index contributed by atoms with van der Waals surface area (Å²) in [7, 11) is 1.34. The van der Waals surface area contributed by atoms with Gasteiger partial charge in [-0.25, -0.2) is 22.9 Å². The number of aliphatic hydroxyl groups excluding tert-OH is 1. The van der Waals surface area contributed by atoms with Gasteiger partial charge in [-0.2, -0.15) is 45.3 Å². The number of benzene rings is 2. The number of hydrogen-bond donors (Lipinski definition) is 2. The minimum atomic E-state index is -5.15. The van der Waals surface area contributed by atoms with E-state index in [1.54, 1.807) is 20.1 Å². The van der Waals surface area contributed by atoms with Crippen LogP contribution in [0.3, 0.4) is 0 Å². The van der Waals surface area contributed by atoms with Gasteiger partial charge < -0.3 is 15.3 Å². The fraction of sp³-hybridized carbons (Fsp3) is 0.405. The summed E-state index contributed by atoms with van der Waals surface area (Å²) in [6.07, 6.45) is -9.02. The third kappa shape index (κ3) is 11.0. The molecule has 0 saturated heterocycles. The summed E-state index contributed by atoms with van der Waals surface area (Å²) in [5.74, 6) is -1.48. The molecule has 0 fully saturated rings. The van der Waals surface area contributed by atoms with Crippen LogP contribution in [0.2, 0.25) is 5.02 Å². The minimum absolute atomic E-state index is 0.0284. The molecule has 0 aliphatic heterocycles. The number of anilines is 1. The molecule has 0 saturated carbocycles. The van der Waals surface area contributed by atoms with Gasteiger partial charge in [-0.05, 0) is 86.7 Å². The molecule has 6 rings (SSSR count). The molecule has 3 aromatic heterocycles. The van der Waals surface area contributed by atoms with Crippen LogP contribution in [-0.2, 0) is 42.8 Å². The van der Waals surface area contributed by atoms with Gasteiger partial charge in [0.25, 0.3) is 5.92 Å². The summed E-state index contributed by atoms with van der Waals surface area (Å²) >= 11 is 8.87. The van der Waals surface area contributed by atoms with Crippen LogP contribution in [0.4, 0.5) is 54.5 Å². The molecule has 3 heterocycles. The Labute approximate surface area is 384 Å². The zero-order chi connectivity index (χ0) is 48.7. The summed E-state index contributed by atoms with van der Waals surface area (Å²) in [6, 6.07) is 5.43. The lowest BCUT2D eigenvalue weighted by atomic mass is 9.93. The maximum absolute atomic E-state index is 15.1. The average molecular weight is 993 g/mol. The summed E-state index contributed by atoms with van der Waals surface area (Å²) in [4.78, 5) is 33.4. The SMILES string of the molecule is CSN(C(=O)N(C)CCO)c1nn(CC(F)(F)F)c2c(-c3ccc(C#CC(C)(C)SC)nc3C(Cc3cc(F)cc(F)c3)NC(=O)Cn3nc(C(F)(F)F)c4c3C(F)(F)CC4)ccc(Cl)c12. The molecular formula is C42H39ClF10N8O3S2. The number of nitrogens with one attached hydrogen (secondary N) is 1. The first kappa shape index (κ1) is 50.2. The smallest absolute Gasteiger partial charge is 0.395 e. The van der Waals surface area contributed by atoms with E-state index in [0.717, 1.165) is 33.3 Å². The Hall–Kier alpha value is -5.18. The molecule has 2 aromatic carbocycles. The maximum Gasteiger partial charge on any atom is 0.435 e. The lowest BCUT2D eigenvalue weighted by molar-refractivity contribution is -0.142. The van der Waals surface area contributed by atoms with Gasteiger partial charge in [0, 0.05) is 49.0 Å². The summed E-state index contributed by atoms with van der Waals surface area (Å²) in [6.45, 7) is 0.0665. The quantitative estimate of drug-likeness (QED) is 0.0680. The van der Waals surface area contributed by atoms with Crippen LogP contribution in [0.1, 0.15) is 60.2 Å². The van der Waals surface area contributed by atoms with Gasteiger partial charge in [-0.15, -0.1) is 11.8 Å². The molecule has 354 valence electrons. The van der Waals surface area contributed by atoms with E-state index >= 15 is 8.78 Å². The highest BCUT2D eigenvalue weighted by molar-refractivity contribution is 8.00. The molecule has 1 atom stereocenters. The number of urea groups is 1. The van der Waals surface area contributed by atoms with Crippen LogP contribution in [0.25, 0.3) is 22.0 Å². The Bertz CT molecular complexity index is 2710. The van der Waals surface area contributed by atoms with Crippen molar-refractivity contribution in [2.45, 2.75) is 75.3 Å². The largest absolute Gasteiger partial charge is 0.435 e. The zero-order valence-electron chi connectivity index (χ0n) is 35.4. The second kappa shape index (κ2) is 19.2. The number of carbonyl (C=O) groups is 2. The molecule has 1 unspecified atom stereocenters. The Morgan fingerprint density at radius 2 is 1.67 bits per heavy atom. The van der Waals surface area contributed by atoms with Crippen molar-refractivity contribution in [2.24, 2.45) is 0 Å². The number of hydrogen-bond acceptors (Lipinski definition) is 8. The number of pyridine rings is 1. The van der Waals surface area contributed by atoms with E-state index in [1.807, 2.05) is 0 Å². The Balaban J connectivity index is 1.61. The van der Waals surface area contributed by atoms with Crippen molar-refractivity contribution in [3.8, 4) is 23.0 Å². The van der Waals surface area contributed by atoms with E-state index in [9.17, 15) is 49.8 Å². The van der Waals surface area contributed by atoms with E-state index in [1.165, 1.54) is 49.3 Å². The van der Waals surface area contributed by atoms with Crippen molar-refractivity contribution in [1.29, 1.82) is 0 Å². The second-order valence-corrected chi connectivity index (χ2v) is 18.1. The molecule has 24 heteroatoms. The van der Waals surface area contributed by atoms with Crippen molar-refractivity contribution in [2.75, 3.05) is 37.0 Å². The number of aliphatic hydroxyl groups is 1. The van der Waals surface area contributed by atoms with Gasteiger partial charge in [0.15, 0.2) is 11.5 Å². The van der Waals surface area contributed by atoms with Crippen molar-refractivity contribution >= 4 is 64.0 Å². The molecule has 1 aliphatic rings. The van der Waals surface area contributed by atoms with Gasteiger partial charge in [0.2, 0.25) is 5.91 Å². The Morgan fingerprint density at radius 3 is 2.27 bits per heavy atom. The number of alkyl halides is 8. The number of nitrogens with zero attached hydrogens (tertiary/aromatic N) is 7. The van der Waals surface area contributed by atoms with Crippen molar-refractivity contribution in [3.63, 3.8) is 0 Å². The minimum Gasteiger partial charge on any atom is -0.395 e. The van der Waals surface area contributed by atoms with Gasteiger partial charge >= 0.3 is 18.4 Å². The highest BCUT2D eigenvalue weighted by Crippen LogP contribution is 2.47. The number of amides is 3. The zero-order valence-corrected chi connectivity index (χ0v) is 37.8. The van der Waals surface area contributed by atoms with Gasteiger partial charge in [0.05, 0.1) is 39.0 Å². The number of thioether (sulfide) groups is 1. The molecule has 5 aromatic rings.